The van der Waals surface area contributed by atoms with Crippen LogP contribution < -0.4 is 5.32 Å². The number of anilines is 1. The number of hydrogen-bond acceptors (Lipinski definition) is 5. The van der Waals surface area contributed by atoms with Gasteiger partial charge in [0.1, 0.15) is 5.15 Å². The van der Waals surface area contributed by atoms with E-state index in [0.29, 0.717) is 6.54 Å². The van der Waals surface area contributed by atoms with Crippen molar-refractivity contribution in [3.63, 3.8) is 0 Å². The zero-order valence-electron chi connectivity index (χ0n) is 9.61. The lowest BCUT2D eigenvalue weighted by Gasteiger charge is -2.22. The largest absolute Gasteiger partial charge is 0.396 e. The number of aromatic nitrogens is 1. The molecule has 1 aromatic heterocycles. The van der Waals surface area contributed by atoms with Gasteiger partial charge in [0, 0.05) is 24.6 Å². The molecule has 0 amide bonds. The molecule has 17 heavy (non-hydrogen) atoms. The van der Waals surface area contributed by atoms with E-state index in [1.807, 2.05) is 13.8 Å². The minimum absolute atomic E-state index is 0.0334. The third kappa shape index (κ3) is 3.83. The quantitative estimate of drug-likeness (QED) is 0.480. The molecule has 1 heterocycles. The molecule has 2 N–H and O–H groups in total. The molecule has 7 heteroatoms. The standard InChI is InChI=1S/C10H14ClN3O3/c1-10(2,6-15)5-12-9-7(14(16)17)3-4-8(11)13-9/h3-4,15H,5-6H2,1-2H3,(H,12,13). The second-order valence-electron chi connectivity index (χ2n) is 4.43. The first-order valence-electron chi connectivity index (χ1n) is 5.01. The fraction of sp³-hybridized carbons (Fsp3) is 0.500. The molecule has 0 aliphatic rings. The van der Waals surface area contributed by atoms with E-state index in [1.54, 1.807) is 0 Å². The van der Waals surface area contributed by atoms with Crippen molar-refractivity contribution in [3.05, 3.63) is 27.4 Å². The molecule has 0 aliphatic carbocycles. The van der Waals surface area contributed by atoms with Crippen LogP contribution in [-0.4, -0.2) is 28.2 Å². The van der Waals surface area contributed by atoms with Gasteiger partial charge in [-0.2, -0.15) is 0 Å². The lowest BCUT2D eigenvalue weighted by Crippen LogP contribution is -2.27. The molecule has 1 rings (SSSR count). The van der Waals surface area contributed by atoms with Gasteiger partial charge < -0.3 is 10.4 Å². The van der Waals surface area contributed by atoms with Crippen LogP contribution in [0, 0.1) is 15.5 Å². The summed E-state index contributed by atoms with van der Waals surface area (Å²) in [4.78, 5) is 14.1. The number of rotatable bonds is 5. The van der Waals surface area contributed by atoms with E-state index in [-0.39, 0.29) is 23.3 Å². The smallest absolute Gasteiger partial charge is 0.311 e. The van der Waals surface area contributed by atoms with Crippen LogP contribution in [0.4, 0.5) is 11.5 Å². The topological polar surface area (TPSA) is 88.3 Å². The Kier molecular flexibility index (Phi) is 4.25. The predicted molar refractivity (Wildman–Crippen MR) is 65.3 cm³/mol. The van der Waals surface area contributed by atoms with Gasteiger partial charge in [-0.15, -0.1) is 0 Å². The van der Waals surface area contributed by atoms with Crippen LogP contribution in [0.5, 0.6) is 0 Å². The molecule has 0 saturated heterocycles. The Balaban J connectivity index is 2.89. The number of aliphatic hydroxyl groups is 1. The van der Waals surface area contributed by atoms with E-state index >= 15 is 0 Å². The van der Waals surface area contributed by atoms with Crippen LogP contribution >= 0.6 is 11.6 Å². The molecule has 0 radical (unpaired) electrons. The highest BCUT2D eigenvalue weighted by molar-refractivity contribution is 6.29. The van der Waals surface area contributed by atoms with Crippen LogP contribution in [0.15, 0.2) is 12.1 Å². The molecule has 0 unspecified atom stereocenters. The summed E-state index contributed by atoms with van der Waals surface area (Å²) in [6.45, 7) is 3.98. The SMILES string of the molecule is CC(C)(CO)CNc1nc(Cl)ccc1[N+](=O)[O-]. The van der Waals surface area contributed by atoms with E-state index in [2.05, 4.69) is 10.3 Å². The second-order valence-corrected chi connectivity index (χ2v) is 4.82. The van der Waals surface area contributed by atoms with Crippen LogP contribution in [0.3, 0.4) is 0 Å². The Morgan fingerprint density at radius 2 is 2.24 bits per heavy atom. The average molecular weight is 260 g/mol. The predicted octanol–water partition coefficient (Wildman–Crippen LogP) is 2.07. The maximum Gasteiger partial charge on any atom is 0.311 e. The fourth-order valence-electron chi connectivity index (χ4n) is 1.08. The van der Waals surface area contributed by atoms with Gasteiger partial charge in [0.15, 0.2) is 0 Å². The van der Waals surface area contributed by atoms with E-state index in [9.17, 15) is 10.1 Å². The number of halogens is 1. The second kappa shape index (κ2) is 5.29. The minimum atomic E-state index is -0.530. The van der Waals surface area contributed by atoms with Crippen molar-refractivity contribution in [2.24, 2.45) is 5.41 Å². The van der Waals surface area contributed by atoms with Gasteiger partial charge in [0.2, 0.25) is 5.82 Å². The van der Waals surface area contributed by atoms with Crippen molar-refractivity contribution in [3.8, 4) is 0 Å². The van der Waals surface area contributed by atoms with E-state index < -0.39 is 10.3 Å². The molecule has 0 aliphatic heterocycles. The molecule has 0 aromatic carbocycles. The Hall–Kier alpha value is -1.40. The normalized spacial score (nSPS) is 11.3. The summed E-state index contributed by atoms with van der Waals surface area (Å²) in [6, 6.07) is 2.66. The summed E-state index contributed by atoms with van der Waals surface area (Å²) in [7, 11) is 0. The van der Waals surface area contributed by atoms with Gasteiger partial charge in [0.25, 0.3) is 0 Å². The molecular weight excluding hydrogens is 246 g/mol. The van der Waals surface area contributed by atoms with Crippen LogP contribution in [0.1, 0.15) is 13.8 Å². The van der Waals surface area contributed by atoms with Crippen molar-refractivity contribution in [1.29, 1.82) is 0 Å². The first kappa shape index (κ1) is 13.7. The van der Waals surface area contributed by atoms with Crippen LogP contribution in [0.25, 0.3) is 0 Å². The monoisotopic (exact) mass is 259 g/mol. The van der Waals surface area contributed by atoms with Gasteiger partial charge in [-0.05, 0) is 6.07 Å². The number of nitrogens with zero attached hydrogens (tertiary/aromatic N) is 2. The maximum absolute atomic E-state index is 10.8. The third-order valence-corrected chi connectivity index (χ3v) is 2.41. The number of nitro groups is 1. The van der Waals surface area contributed by atoms with E-state index in [4.69, 9.17) is 16.7 Å². The third-order valence-electron chi connectivity index (χ3n) is 2.20. The molecule has 1 aromatic rings. The lowest BCUT2D eigenvalue weighted by atomic mass is 9.95. The molecular formula is C10H14ClN3O3. The van der Waals surface area contributed by atoms with Gasteiger partial charge >= 0.3 is 5.69 Å². The Bertz CT molecular complexity index is 423. The first-order chi connectivity index (χ1) is 7.85. The first-order valence-corrected chi connectivity index (χ1v) is 5.39. The summed E-state index contributed by atoms with van der Waals surface area (Å²) >= 11 is 5.68. The van der Waals surface area contributed by atoms with Crippen LogP contribution in [-0.2, 0) is 0 Å². The van der Waals surface area contributed by atoms with Gasteiger partial charge in [0.05, 0.1) is 4.92 Å². The molecule has 94 valence electrons. The highest BCUT2D eigenvalue weighted by atomic mass is 35.5. The van der Waals surface area contributed by atoms with Crippen molar-refractivity contribution in [1.82, 2.24) is 4.98 Å². The van der Waals surface area contributed by atoms with Crippen molar-refractivity contribution in [2.45, 2.75) is 13.8 Å². The van der Waals surface area contributed by atoms with Crippen molar-refractivity contribution in [2.75, 3.05) is 18.5 Å². The van der Waals surface area contributed by atoms with Gasteiger partial charge in [-0.1, -0.05) is 25.4 Å². The highest BCUT2D eigenvalue weighted by Crippen LogP contribution is 2.25. The average Bonchev–Trinajstić information content (AvgIpc) is 2.26. The van der Waals surface area contributed by atoms with Gasteiger partial charge in [-0.25, -0.2) is 4.98 Å². The molecule has 0 bridgehead atoms. The van der Waals surface area contributed by atoms with E-state index in [0.717, 1.165) is 0 Å². The Morgan fingerprint density at radius 3 is 2.76 bits per heavy atom. The summed E-state index contributed by atoms with van der Waals surface area (Å²) in [6.07, 6.45) is 0. The molecule has 0 saturated carbocycles. The summed E-state index contributed by atoms with van der Waals surface area (Å²) in [5.41, 5.74) is -0.527. The number of nitrogens with one attached hydrogen (secondary N) is 1. The highest BCUT2D eigenvalue weighted by Gasteiger charge is 2.20. The fourth-order valence-corrected chi connectivity index (χ4v) is 1.23. The molecule has 0 spiro atoms. The Morgan fingerprint density at radius 1 is 1.59 bits per heavy atom. The maximum atomic E-state index is 10.8. The van der Waals surface area contributed by atoms with E-state index in [1.165, 1.54) is 12.1 Å². The number of hydrogen-bond donors (Lipinski definition) is 2. The molecule has 0 atom stereocenters. The zero-order chi connectivity index (χ0) is 13.1. The minimum Gasteiger partial charge on any atom is -0.396 e. The summed E-state index contributed by atoms with van der Waals surface area (Å²) in [5.74, 6) is 0.115. The lowest BCUT2D eigenvalue weighted by molar-refractivity contribution is -0.384. The number of pyridine rings is 1. The zero-order valence-corrected chi connectivity index (χ0v) is 10.4. The summed E-state index contributed by atoms with van der Waals surface area (Å²) < 4.78 is 0. The summed E-state index contributed by atoms with van der Waals surface area (Å²) in [5, 5.41) is 22.9. The van der Waals surface area contributed by atoms with Crippen molar-refractivity contribution >= 4 is 23.1 Å². The van der Waals surface area contributed by atoms with Crippen LogP contribution in [0.2, 0.25) is 5.15 Å². The Labute approximate surface area is 104 Å². The van der Waals surface area contributed by atoms with Crippen molar-refractivity contribution < 1.29 is 10.0 Å². The van der Waals surface area contributed by atoms with Gasteiger partial charge in [-0.3, -0.25) is 10.1 Å². The molecule has 6 nitrogen and oxygen atoms in total. The number of aliphatic hydroxyl groups excluding tert-OH is 1. The molecule has 0 fully saturated rings.